The number of aromatic nitrogens is 1. The van der Waals surface area contributed by atoms with Crippen molar-refractivity contribution in [2.24, 2.45) is 0 Å². The van der Waals surface area contributed by atoms with Crippen molar-refractivity contribution in [1.82, 2.24) is 15.2 Å². The van der Waals surface area contributed by atoms with Crippen LogP contribution in [0.4, 0.5) is 0 Å². The van der Waals surface area contributed by atoms with Gasteiger partial charge < -0.3 is 10.2 Å². The summed E-state index contributed by atoms with van der Waals surface area (Å²) in [5.74, 6) is 0.0822. The summed E-state index contributed by atoms with van der Waals surface area (Å²) in [6.07, 6.45) is 4.41. The molecule has 1 aliphatic heterocycles. The van der Waals surface area contributed by atoms with Gasteiger partial charge >= 0.3 is 0 Å². The lowest BCUT2D eigenvalue weighted by molar-refractivity contribution is 0.0796. The summed E-state index contributed by atoms with van der Waals surface area (Å²) >= 11 is 0. The van der Waals surface area contributed by atoms with Crippen LogP contribution in [0.25, 0.3) is 0 Å². The van der Waals surface area contributed by atoms with Crippen molar-refractivity contribution in [3.05, 3.63) is 65.0 Å². The smallest absolute Gasteiger partial charge is 0.253 e. The Labute approximate surface area is 149 Å². The van der Waals surface area contributed by atoms with Crippen LogP contribution >= 0.6 is 24.8 Å². The van der Waals surface area contributed by atoms with Crippen molar-refractivity contribution in [3.8, 4) is 0 Å². The predicted molar refractivity (Wildman–Crippen MR) is 96.4 cm³/mol. The van der Waals surface area contributed by atoms with Crippen LogP contribution in [0.1, 0.15) is 27.0 Å². The Morgan fingerprint density at radius 1 is 1.13 bits per heavy atom. The molecule has 23 heavy (non-hydrogen) atoms. The SMILES string of the molecule is CN(CCc1ccncc1)C(=O)c1ccc2c(c1)CNC2.Cl.Cl. The number of amides is 1. The van der Waals surface area contributed by atoms with Crippen molar-refractivity contribution in [2.75, 3.05) is 13.6 Å². The molecule has 0 atom stereocenters. The molecule has 1 aromatic heterocycles. The van der Waals surface area contributed by atoms with Gasteiger partial charge in [0.1, 0.15) is 0 Å². The molecular weight excluding hydrogens is 333 g/mol. The van der Waals surface area contributed by atoms with Gasteiger partial charge in [0.2, 0.25) is 0 Å². The summed E-state index contributed by atoms with van der Waals surface area (Å²) in [6.45, 7) is 2.47. The van der Waals surface area contributed by atoms with E-state index in [1.807, 2.05) is 31.3 Å². The highest BCUT2D eigenvalue weighted by atomic mass is 35.5. The first-order chi connectivity index (χ1) is 10.2. The Balaban J connectivity index is 0.00000132. The van der Waals surface area contributed by atoms with Gasteiger partial charge in [-0.15, -0.1) is 24.8 Å². The summed E-state index contributed by atoms with van der Waals surface area (Å²) in [5, 5.41) is 3.30. The molecule has 3 rings (SSSR count). The van der Waals surface area contributed by atoms with E-state index in [0.29, 0.717) is 6.54 Å². The largest absolute Gasteiger partial charge is 0.341 e. The maximum Gasteiger partial charge on any atom is 0.253 e. The molecule has 1 aliphatic rings. The minimum Gasteiger partial charge on any atom is -0.341 e. The van der Waals surface area contributed by atoms with Crippen LogP contribution in [0.2, 0.25) is 0 Å². The van der Waals surface area contributed by atoms with Crippen molar-refractivity contribution in [3.63, 3.8) is 0 Å². The van der Waals surface area contributed by atoms with Crippen LogP contribution in [0.3, 0.4) is 0 Å². The second kappa shape index (κ2) is 8.87. The third-order valence-corrected chi connectivity index (χ3v) is 3.92. The number of hydrogen-bond donors (Lipinski definition) is 1. The van der Waals surface area contributed by atoms with Crippen LogP contribution in [-0.2, 0) is 19.5 Å². The molecule has 4 nitrogen and oxygen atoms in total. The molecule has 1 amide bonds. The molecule has 0 radical (unpaired) electrons. The third-order valence-electron chi connectivity index (χ3n) is 3.92. The molecule has 124 valence electrons. The zero-order chi connectivity index (χ0) is 14.7. The van der Waals surface area contributed by atoms with Gasteiger partial charge in [0.15, 0.2) is 0 Å². The topological polar surface area (TPSA) is 45.2 Å². The number of nitrogens with zero attached hydrogens (tertiary/aromatic N) is 2. The number of nitrogens with one attached hydrogen (secondary N) is 1. The number of carbonyl (C=O) groups excluding carboxylic acids is 1. The van der Waals surface area contributed by atoms with E-state index in [1.54, 1.807) is 17.3 Å². The van der Waals surface area contributed by atoms with E-state index in [-0.39, 0.29) is 30.7 Å². The van der Waals surface area contributed by atoms with Crippen LogP contribution in [0, 0.1) is 0 Å². The lowest BCUT2D eigenvalue weighted by atomic mass is 10.1. The molecule has 0 spiro atoms. The average molecular weight is 354 g/mol. The fourth-order valence-electron chi connectivity index (χ4n) is 2.60. The number of benzene rings is 1. The predicted octanol–water partition coefficient (Wildman–Crippen LogP) is 2.84. The summed E-state index contributed by atoms with van der Waals surface area (Å²) in [7, 11) is 1.86. The monoisotopic (exact) mass is 353 g/mol. The zero-order valence-electron chi connectivity index (χ0n) is 13.0. The quantitative estimate of drug-likeness (QED) is 0.918. The Hall–Kier alpha value is -1.62. The first kappa shape index (κ1) is 19.4. The van der Waals surface area contributed by atoms with E-state index in [2.05, 4.69) is 16.4 Å². The Morgan fingerprint density at radius 2 is 1.83 bits per heavy atom. The first-order valence-electron chi connectivity index (χ1n) is 7.21. The van der Waals surface area contributed by atoms with Gasteiger partial charge in [-0.25, -0.2) is 0 Å². The minimum absolute atomic E-state index is 0. The molecule has 1 aromatic carbocycles. The average Bonchev–Trinajstić information content (AvgIpc) is 3.00. The molecular formula is C17H21Cl2N3O. The van der Waals surface area contributed by atoms with E-state index in [4.69, 9.17) is 0 Å². The normalized spacial score (nSPS) is 11.9. The fraction of sp³-hybridized carbons (Fsp3) is 0.294. The molecule has 1 N–H and O–H groups in total. The molecule has 6 heteroatoms. The maximum atomic E-state index is 12.5. The summed E-state index contributed by atoms with van der Waals surface area (Å²) < 4.78 is 0. The zero-order valence-corrected chi connectivity index (χ0v) is 14.6. The Morgan fingerprint density at radius 3 is 2.57 bits per heavy atom. The molecule has 0 unspecified atom stereocenters. The Kier molecular flexibility index (Phi) is 7.49. The number of rotatable bonds is 4. The molecule has 0 saturated carbocycles. The van der Waals surface area contributed by atoms with E-state index in [0.717, 1.165) is 25.1 Å². The van der Waals surface area contributed by atoms with Crippen LogP contribution in [0.5, 0.6) is 0 Å². The lowest BCUT2D eigenvalue weighted by Crippen LogP contribution is -2.28. The van der Waals surface area contributed by atoms with Crippen LogP contribution in [0.15, 0.2) is 42.7 Å². The number of halogens is 2. The molecule has 2 aromatic rings. The fourth-order valence-corrected chi connectivity index (χ4v) is 2.60. The van der Waals surface area contributed by atoms with Gasteiger partial charge in [0.05, 0.1) is 0 Å². The maximum absolute atomic E-state index is 12.5. The highest BCUT2D eigenvalue weighted by Gasteiger charge is 2.16. The van der Waals surface area contributed by atoms with Crippen molar-refractivity contribution in [2.45, 2.75) is 19.5 Å². The van der Waals surface area contributed by atoms with Crippen LogP contribution in [-0.4, -0.2) is 29.4 Å². The van der Waals surface area contributed by atoms with Crippen molar-refractivity contribution < 1.29 is 4.79 Å². The van der Waals surface area contributed by atoms with Gasteiger partial charge in [-0.1, -0.05) is 6.07 Å². The number of hydrogen-bond acceptors (Lipinski definition) is 3. The molecule has 2 heterocycles. The van der Waals surface area contributed by atoms with Gasteiger partial charge in [0, 0.05) is 44.6 Å². The summed E-state index contributed by atoms with van der Waals surface area (Å²) in [4.78, 5) is 18.2. The summed E-state index contributed by atoms with van der Waals surface area (Å²) in [5.41, 5.74) is 4.51. The van der Waals surface area contributed by atoms with Crippen LogP contribution < -0.4 is 5.32 Å². The highest BCUT2D eigenvalue weighted by molar-refractivity contribution is 5.94. The van der Waals surface area contributed by atoms with Crippen molar-refractivity contribution >= 4 is 30.7 Å². The van der Waals surface area contributed by atoms with E-state index < -0.39 is 0 Å². The standard InChI is InChI=1S/C17H19N3O.2ClH/c1-20(9-6-13-4-7-18-8-5-13)17(21)14-2-3-15-11-19-12-16(15)10-14;;/h2-5,7-8,10,19H,6,9,11-12H2,1H3;2*1H. The molecule has 0 aliphatic carbocycles. The molecule has 0 bridgehead atoms. The molecule has 0 saturated heterocycles. The second-order valence-corrected chi connectivity index (χ2v) is 5.42. The number of likely N-dealkylation sites (N-methyl/N-ethyl adjacent to an activating group) is 1. The molecule has 0 fully saturated rings. The van der Waals surface area contributed by atoms with E-state index in [1.165, 1.54) is 16.7 Å². The van der Waals surface area contributed by atoms with Gasteiger partial charge in [-0.05, 0) is 47.4 Å². The summed E-state index contributed by atoms with van der Waals surface area (Å²) in [6, 6.07) is 9.97. The van der Waals surface area contributed by atoms with Gasteiger partial charge in [-0.3, -0.25) is 9.78 Å². The Bertz CT molecular complexity index is 650. The van der Waals surface area contributed by atoms with E-state index >= 15 is 0 Å². The number of pyridine rings is 1. The minimum atomic E-state index is 0. The second-order valence-electron chi connectivity index (χ2n) is 5.42. The highest BCUT2D eigenvalue weighted by Crippen LogP contribution is 2.18. The first-order valence-corrected chi connectivity index (χ1v) is 7.21. The van der Waals surface area contributed by atoms with E-state index in [9.17, 15) is 4.79 Å². The lowest BCUT2D eigenvalue weighted by Gasteiger charge is -2.17. The van der Waals surface area contributed by atoms with Gasteiger partial charge in [-0.2, -0.15) is 0 Å². The van der Waals surface area contributed by atoms with Gasteiger partial charge in [0.25, 0.3) is 5.91 Å². The number of fused-ring (bicyclic) bond motifs is 1. The van der Waals surface area contributed by atoms with Crippen molar-refractivity contribution in [1.29, 1.82) is 0 Å². The third kappa shape index (κ3) is 4.67. The number of carbonyl (C=O) groups is 1.